The molecule has 0 bridgehead atoms. The smallest absolute Gasteiger partial charge is 0.338 e. The van der Waals surface area contributed by atoms with Gasteiger partial charge in [0.15, 0.2) is 0 Å². The number of aromatic nitrogens is 2. The van der Waals surface area contributed by atoms with Crippen molar-refractivity contribution in [3.63, 3.8) is 0 Å². The molecule has 0 amide bonds. The number of anilines is 1. The Morgan fingerprint density at radius 3 is 2.90 bits per heavy atom. The van der Waals surface area contributed by atoms with Crippen LogP contribution in [-0.4, -0.2) is 23.0 Å². The van der Waals surface area contributed by atoms with Gasteiger partial charge in [0.2, 0.25) is 0 Å². The summed E-state index contributed by atoms with van der Waals surface area (Å²) in [5.74, 6) is 0.253. The van der Waals surface area contributed by atoms with Gasteiger partial charge in [-0.1, -0.05) is 13.0 Å². The largest absolute Gasteiger partial charge is 0.465 e. The van der Waals surface area contributed by atoms with E-state index in [9.17, 15) is 4.79 Å². The Hall–Kier alpha value is -2.43. The van der Waals surface area contributed by atoms with E-state index in [1.165, 1.54) is 12.7 Å². The topological polar surface area (TPSA) is 64.1 Å². The lowest BCUT2D eigenvalue weighted by molar-refractivity contribution is 0.0600. The molecule has 0 fully saturated rings. The van der Waals surface area contributed by atoms with E-state index in [0.717, 1.165) is 12.1 Å². The third kappa shape index (κ3) is 3.32. The van der Waals surface area contributed by atoms with Crippen molar-refractivity contribution in [3.8, 4) is 0 Å². The zero-order valence-corrected chi connectivity index (χ0v) is 11.6. The van der Waals surface area contributed by atoms with Crippen molar-refractivity contribution in [1.29, 1.82) is 0 Å². The SMILES string of the molecule is CCc1cccnc1CNc1cc(C(=O)OC)ccn1. The van der Waals surface area contributed by atoms with Crippen molar-refractivity contribution >= 4 is 11.8 Å². The van der Waals surface area contributed by atoms with Crippen LogP contribution in [0.4, 0.5) is 5.82 Å². The summed E-state index contributed by atoms with van der Waals surface area (Å²) in [5, 5.41) is 3.17. The molecule has 0 aromatic carbocycles. The number of carbonyl (C=O) groups excluding carboxylic acids is 1. The van der Waals surface area contributed by atoms with Gasteiger partial charge in [-0.25, -0.2) is 9.78 Å². The van der Waals surface area contributed by atoms with E-state index in [-0.39, 0.29) is 5.97 Å². The number of hydrogen-bond donors (Lipinski definition) is 1. The second kappa shape index (κ2) is 6.65. The summed E-state index contributed by atoms with van der Waals surface area (Å²) in [6, 6.07) is 7.27. The molecule has 0 atom stereocenters. The number of aryl methyl sites for hydroxylation is 1. The maximum absolute atomic E-state index is 11.5. The minimum absolute atomic E-state index is 0.373. The lowest BCUT2D eigenvalue weighted by Crippen LogP contribution is -2.07. The summed E-state index contributed by atoms with van der Waals surface area (Å²) in [6.45, 7) is 2.66. The molecule has 5 nitrogen and oxygen atoms in total. The van der Waals surface area contributed by atoms with Crippen LogP contribution in [0.2, 0.25) is 0 Å². The molecule has 20 heavy (non-hydrogen) atoms. The van der Waals surface area contributed by atoms with Crippen molar-refractivity contribution in [2.75, 3.05) is 12.4 Å². The van der Waals surface area contributed by atoms with Crippen LogP contribution in [0.1, 0.15) is 28.5 Å². The number of ether oxygens (including phenoxy) is 1. The van der Waals surface area contributed by atoms with Gasteiger partial charge in [0, 0.05) is 12.4 Å². The minimum Gasteiger partial charge on any atom is -0.465 e. The van der Waals surface area contributed by atoms with Gasteiger partial charge in [-0.3, -0.25) is 4.98 Å². The normalized spacial score (nSPS) is 10.1. The molecule has 1 N–H and O–H groups in total. The van der Waals surface area contributed by atoms with Crippen LogP contribution in [0.25, 0.3) is 0 Å². The van der Waals surface area contributed by atoms with Gasteiger partial charge < -0.3 is 10.1 Å². The molecule has 0 saturated heterocycles. The summed E-state index contributed by atoms with van der Waals surface area (Å²) in [4.78, 5) is 20.0. The molecular formula is C15H17N3O2. The Labute approximate surface area is 118 Å². The maximum Gasteiger partial charge on any atom is 0.338 e. The number of esters is 1. The van der Waals surface area contributed by atoms with Crippen molar-refractivity contribution in [2.24, 2.45) is 0 Å². The average Bonchev–Trinajstić information content (AvgIpc) is 2.52. The van der Waals surface area contributed by atoms with Gasteiger partial charge in [-0.15, -0.1) is 0 Å². The molecule has 0 aliphatic rings. The predicted octanol–water partition coefficient (Wildman–Crippen LogP) is 2.44. The molecule has 0 radical (unpaired) electrons. The fourth-order valence-corrected chi connectivity index (χ4v) is 1.90. The Bertz CT molecular complexity index is 599. The first-order chi connectivity index (χ1) is 9.74. The third-order valence-corrected chi connectivity index (χ3v) is 2.98. The highest BCUT2D eigenvalue weighted by Crippen LogP contribution is 2.11. The average molecular weight is 271 g/mol. The summed E-state index contributed by atoms with van der Waals surface area (Å²) < 4.78 is 4.68. The number of rotatable bonds is 5. The van der Waals surface area contributed by atoms with Crippen molar-refractivity contribution in [2.45, 2.75) is 19.9 Å². The molecule has 2 heterocycles. The zero-order valence-electron chi connectivity index (χ0n) is 11.6. The van der Waals surface area contributed by atoms with E-state index in [0.29, 0.717) is 17.9 Å². The van der Waals surface area contributed by atoms with Crippen LogP contribution in [0, 0.1) is 0 Å². The van der Waals surface area contributed by atoms with Crippen LogP contribution in [-0.2, 0) is 17.7 Å². The number of carbonyl (C=O) groups is 1. The van der Waals surface area contributed by atoms with Crippen LogP contribution in [0.5, 0.6) is 0 Å². The van der Waals surface area contributed by atoms with Crippen LogP contribution in [0.3, 0.4) is 0 Å². The molecule has 0 aliphatic carbocycles. The van der Waals surface area contributed by atoms with E-state index in [4.69, 9.17) is 0 Å². The van der Waals surface area contributed by atoms with Gasteiger partial charge in [-0.2, -0.15) is 0 Å². The van der Waals surface area contributed by atoms with Gasteiger partial charge in [0.25, 0.3) is 0 Å². The predicted molar refractivity (Wildman–Crippen MR) is 76.5 cm³/mol. The van der Waals surface area contributed by atoms with E-state index in [1.807, 2.05) is 6.07 Å². The van der Waals surface area contributed by atoms with Crippen LogP contribution >= 0.6 is 0 Å². The molecule has 0 saturated carbocycles. The lowest BCUT2D eigenvalue weighted by Gasteiger charge is -2.09. The Morgan fingerprint density at radius 1 is 1.30 bits per heavy atom. The zero-order chi connectivity index (χ0) is 14.4. The van der Waals surface area contributed by atoms with Crippen molar-refractivity contribution < 1.29 is 9.53 Å². The second-order valence-electron chi connectivity index (χ2n) is 4.24. The molecule has 0 spiro atoms. The van der Waals surface area contributed by atoms with Gasteiger partial charge in [0.05, 0.1) is 24.9 Å². The fraction of sp³-hybridized carbons (Fsp3) is 0.267. The molecule has 104 valence electrons. The van der Waals surface area contributed by atoms with Crippen LogP contribution < -0.4 is 5.32 Å². The monoisotopic (exact) mass is 271 g/mol. The van der Waals surface area contributed by atoms with Crippen LogP contribution in [0.15, 0.2) is 36.7 Å². The number of hydrogen-bond acceptors (Lipinski definition) is 5. The molecule has 0 aliphatic heterocycles. The van der Waals surface area contributed by atoms with Crippen molar-refractivity contribution in [3.05, 3.63) is 53.5 Å². The van der Waals surface area contributed by atoms with E-state index < -0.39 is 0 Å². The molecular weight excluding hydrogens is 254 g/mol. The van der Waals surface area contributed by atoms with Crippen molar-refractivity contribution in [1.82, 2.24) is 9.97 Å². The summed E-state index contributed by atoms with van der Waals surface area (Å²) >= 11 is 0. The number of nitrogens with one attached hydrogen (secondary N) is 1. The summed E-state index contributed by atoms with van der Waals surface area (Å²) in [6.07, 6.45) is 4.28. The number of methoxy groups -OCH3 is 1. The maximum atomic E-state index is 11.5. The second-order valence-corrected chi connectivity index (χ2v) is 4.24. The number of pyridine rings is 2. The highest BCUT2D eigenvalue weighted by Gasteiger charge is 2.07. The van der Waals surface area contributed by atoms with Gasteiger partial charge in [0.1, 0.15) is 5.82 Å². The Balaban J connectivity index is 2.09. The van der Waals surface area contributed by atoms with Gasteiger partial charge in [-0.05, 0) is 30.2 Å². The molecule has 2 aromatic heterocycles. The Kier molecular flexibility index (Phi) is 4.65. The highest BCUT2D eigenvalue weighted by atomic mass is 16.5. The Morgan fingerprint density at radius 2 is 2.15 bits per heavy atom. The molecule has 2 rings (SSSR count). The van der Waals surface area contributed by atoms with E-state index in [2.05, 4.69) is 33.0 Å². The molecule has 2 aromatic rings. The molecule has 0 unspecified atom stereocenters. The third-order valence-electron chi connectivity index (χ3n) is 2.98. The lowest BCUT2D eigenvalue weighted by atomic mass is 10.1. The van der Waals surface area contributed by atoms with E-state index in [1.54, 1.807) is 24.5 Å². The first kappa shape index (κ1) is 14.0. The standard InChI is InChI=1S/C15H17N3O2/c1-3-11-5-4-7-16-13(11)10-18-14-9-12(6-8-17-14)15(19)20-2/h4-9H,3,10H2,1-2H3,(H,17,18). The first-order valence-electron chi connectivity index (χ1n) is 6.45. The first-order valence-corrected chi connectivity index (χ1v) is 6.45. The molecule has 5 heteroatoms. The minimum atomic E-state index is -0.373. The summed E-state index contributed by atoms with van der Waals surface area (Å²) in [7, 11) is 1.36. The fourth-order valence-electron chi connectivity index (χ4n) is 1.90. The summed E-state index contributed by atoms with van der Waals surface area (Å²) in [5.41, 5.74) is 2.66. The number of nitrogens with zero attached hydrogens (tertiary/aromatic N) is 2. The highest BCUT2D eigenvalue weighted by molar-refractivity contribution is 5.89. The van der Waals surface area contributed by atoms with E-state index >= 15 is 0 Å². The quantitative estimate of drug-likeness (QED) is 0.846. The van der Waals surface area contributed by atoms with Gasteiger partial charge >= 0.3 is 5.97 Å².